The van der Waals surface area contributed by atoms with Crippen LogP contribution in [0.2, 0.25) is 0 Å². The molecular formula is C22H23N3O5. The first-order valence-corrected chi connectivity index (χ1v) is 9.31. The second-order valence-corrected chi connectivity index (χ2v) is 6.69. The summed E-state index contributed by atoms with van der Waals surface area (Å²) in [6.07, 6.45) is 0. The van der Waals surface area contributed by atoms with Gasteiger partial charge in [0.2, 0.25) is 0 Å². The van der Waals surface area contributed by atoms with E-state index < -0.39 is 18.5 Å². The fraction of sp³-hybridized carbons (Fsp3) is 0.227. The maximum absolute atomic E-state index is 12.8. The van der Waals surface area contributed by atoms with E-state index >= 15 is 0 Å². The Morgan fingerprint density at radius 3 is 2.33 bits per heavy atom. The Labute approximate surface area is 173 Å². The molecule has 0 saturated carbocycles. The summed E-state index contributed by atoms with van der Waals surface area (Å²) in [4.78, 5) is 37.2. The van der Waals surface area contributed by atoms with Crippen LogP contribution in [0.3, 0.4) is 0 Å². The van der Waals surface area contributed by atoms with Crippen molar-refractivity contribution in [3.8, 4) is 5.69 Å². The third-order valence-corrected chi connectivity index (χ3v) is 4.65. The molecule has 1 N–H and O–H groups in total. The summed E-state index contributed by atoms with van der Waals surface area (Å²) >= 11 is 0. The van der Waals surface area contributed by atoms with Crippen molar-refractivity contribution in [2.24, 2.45) is 7.05 Å². The lowest BCUT2D eigenvalue weighted by molar-refractivity contribution is -0.119. The number of para-hydroxylation sites is 1. The Hall–Kier alpha value is -3.65. The first kappa shape index (κ1) is 21.1. The van der Waals surface area contributed by atoms with Gasteiger partial charge in [0, 0.05) is 14.2 Å². The van der Waals surface area contributed by atoms with E-state index in [4.69, 9.17) is 9.47 Å². The number of aromatic nitrogens is 2. The highest BCUT2D eigenvalue weighted by Gasteiger charge is 2.19. The zero-order valence-corrected chi connectivity index (χ0v) is 17.0. The number of hydrogen-bond acceptors (Lipinski definition) is 5. The normalized spacial score (nSPS) is 10.6. The highest BCUT2D eigenvalue weighted by molar-refractivity contribution is 5.95. The average molecular weight is 409 g/mol. The minimum Gasteiger partial charge on any atom is -0.452 e. The zero-order valence-electron chi connectivity index (χ0n) is 17.0. The van der Waals surface area contributed by atoms with Crippen molar-refractivity contribution < 1.29 is 19.1 Å². The molecule has 2 aromatic carbocycles. The molecule has 0 fully saturated rings. The van der Waals surface area contributed by atoms with Gasteiger partial charge in [-0.15, -0.1) is 0 Å². The molecule has 30 heavy (non-hydrogen) atoms. The zero-order chi connectivity index (χ0) is 21.7. The Morgan fingerprint density at radius 1 is 1.03 bits per heavy atom. The number of anilines is 1. The smallest absolute Gasteiger partial charge is 0.338 e. The minimum atomic E-state index is -0.624. The van der Waals surface area contributed by atoms with Gasteiger partial charge >= 0.3 is 5.97 Å². The number of rotatable bonds is 7. The SMILES string of the molecule is COCc1ccc(C(=O)OCC(=O)Nc2c(C)n(C)n(-c3ccccc3)c2=O)cc1. The maximum atomic E-state index is 12.8. The molecule has 8 nitrogen and oxygen atoms in total. The molecule has 0 unspecified atom stereocenters. The van der Waals surface area contributed by atoms with Crippen molar-refractivity contribution in [1.82, 2.24) is 9.36 Å². The average Bonchev–Trinajstić information content (AvgIpc) is 2.96. The van der Waals surface area contributed by atoms with E-state index in [1.54, 1.807) is 62.2 Å². The van der Waals surface area contributed by atoms with E-state index in [0.29, 0.717) is 23.6 Å². The van der Waals surface area contributed by atoms with Crippen LogP contribution in [-0.4, -0.2) is 35.0 Å². The van der Waals surface area contributed by atoms with Crippen molar-refractivity contribution in [1.29, 1.82) is 0 Å². The number of benzene rings is 2. The molecule has 0 spiro atoms. The molecule has 0 saturated heterocycles. The summed E-state index contributed by atoms with van der Waals surface area (Å²) in [5, 5.41) is 2.56. The summed E-state index contributed by atoms with van der Waals surface area (Å²) in [7, 11) is 3.32. The van der Waals surface area contributed by atoms with E-state index in [1.807, 2.05) is 18.2 Å². The number of esters is 1. The number of nitrogens with one attached hydrogen (secondary N) is 1. The molecule has 0 bridgehead atoms. The molecule has 8 heteroatoms. The van der Waals surface area contributed by atoms with Gasteiger partial charge in [-0.1, -0.05) is 30.3 Å². The Morgan fingerprint density at radius 2 is 1.70 bits per heavy atom. The number of hydrogen-bond donors (Lipinski definition) is 1. The third kappa shape index (κ3) is 4.49. The molecule has 1 aromatic heterocycles. The highest BCUT2D eigenvalue weighted by atomic mass is 16.5. The highest BCUT2D eigenvalue weighted by Crippen LogP contribution is 2.14. The lowest BCUT2D eigenvalue weighted by Gasteiger charge is -2.07. The summed E-state index contributed by atoms with van der Waals surface area (Å²) in [6, 6.07) is 15.8. The monoisotopic (exact) mass is 409 g/mol. The molecule has 0 aliphatic heterocycles. The Kier molecular flexibility index (Phi) is 6.48. The number of ether oxygens (including phenoxy) is 2. The van der Waals surface area contributed by atoms with Gasteiger partial charge in [-0.2, -0.15) is 0 Å². The lowest BCUT2D eigenvalue weighted by Crippen LogP contribution is -2.25. The topological polar surface area (TPSA) is 91.6 Å². The third-order valence-electron chi connectivity index (χ3n) is 4.65. The Bertz CT molecular complexity index is 1100. The van der Waals surface area contributed by atoms with Gasteiger partial charge in [-0.05, 0) is 36.8 Å². The van der Waals surface area contributed by atoms with Crippen molar-refractivity contribution in [2.75, 3.05) is 19.0 Å². The number of carbonyl (C=O) groups is 2. The minimum absolute atomic E-state index is 0.145. The number of amides is 1. The van der Waals surface area contributed by atoms with Gasteiger partial charge < -0.3 is 14.8 Å². The van der Waals surface area contributed by atoms with Crippen molar-refractivity contribution >= 4 is 17.6 Å². The molecule has 156 valence electrons. The van der Waals surface area contributed by atoms with Crippen molar-refractivity contribution in [3.63, 3.8) is 0 Å². The maximum Gasteiger partial charge on any atom is 0.338 e. The van der Waals surface area contributed by atoms with Gasteiger partial charge in [-0.3, -0.25) is 14.3 Å². The van der Waals surface area contributed by atoms with Crippen LogP contribution >= 0.6 is 0 Å². The van der Waals surface area contributed by atoms with Gasteiger partial charge in [0.05, 0.1) is 23.6 Å². The largest absolute Gasteiger partial charge is 0.452 e. The van der Waals surface area contributed by atoms with Gasteiger partial charge in [0.25, 0.3) is 11.5 Å². The molecule has 1 heterocycles. The first-order valence-electron chi connectivity index (χ1n) is 9.31. The van der Waals surface area contributed by atoms with Crippen LogP contribution in [0.1, 0.15) is 21.6 Å². The molecular weight excluding hydrogens is 386 g/mol. The predicted octanol–water partition coefficient (Wildman–Crippen LogP) is 2.43. The summed E-state index contributed by atoms with van der Waals surface area (Å²) in [5.41, 5.74) is 2.28. The second kappa shape index (κ2) is 9.23. The number of methoxy groups -OCH3 is 1. The molecule has 0 aliphatic rings. The van der Waals surface area contributed by atoms with Crippen LogP contribution in [0.25, 0.3) is 5.69 Å². The van der Waals surface area contributed by atoms with Crippen molar-refractivity contribution in [3.05, 3.63) is 81.8 Å². The summed E-state index contributed by atoms with van der Waals surface area (Å²) in [5.74, 6) is -1.22. The number of carbonyl (C=O) groups excluding carboxylic acids is 2. The van der Waals surface area contributed by atoms with E-state index in [0.717, 1.165) is 5.56 Å². The fourth-order valence-corrected chi connectivity index (χ4v) is 3.01. The summed E-state index contributed by atoms with van der Waals surface area (Å²) < 4.78 is 13.2. The predicted molar refractivity (Wildman–Crippen MR) is 112 cm³/mol. The van der Waals surface area contributed by atoms with Crippen molar-refractivity contribution in [2.45, 2.75) is 13.5 Å². The van der Waals surface area contributed by atoms with Gasteiger partial charge in [0.1, 0.15) is 5.69 Å². The second-order valence-electron chi connectivity index (χ2n) is 6.69. The van der Waals surface area contributed by atoms with Crippen LogP contribution in [0.5, 0.6) is 0 Å². The molecule has 3 aromatic rings. The van der Waals surface area contributed by atoms with Gasteiger partial charge in [0.15, 0.2) is 6.61 Å². The number of nitrogens with zero attached hydrogens (tertiary/aromatic N) is 2. The molecule has 0 radical (unpaired) electrons. The van der Waals surface area contributed by atoms with Crippen LogP contribution in [0, 0.1) is 6.92 Å². The quantitative estimate of drug-likeness (QED) is 0.605. The van der Waals surface area contributed by atoms with Crippen LogP contribution in [0.15, 0.2) is 59.4 Å². The van der Waals surface area contributed by atoms with E-state index in [1.165, 1.54) is 4.68 Å². The standard InChI is InChI=1S/C22H23N3O5/c1-15-20(21(27)25(24(15)2)18-7-5-4-6-8-18)23-19(26)14-30-22(28)17-11-9-16(10-12-17)13-29-3/h4-12H,13-14H2,1-3H3,(H,23,26). The van der Waals surface area contributed by atoms with Crippen LogP contribution in [-0.2, 0) is 27.9 Å². The van der Waals surface area contributed by atoms with Crippen LogP contribution in [0.4, 0.5) is 5.69 Å². The summed E-state index contributed by atoms with van der Waals surface area (Å²) in [6.45, 7) is 1.66. The fourth-order valence-electron chi connectivity index (χ4n) is 3.01. The molecule has 0 aliphatic carbocycles. The van der Waals surface area contributed by atoms with E-state index in [-0.39, 0.29) is 11.2 Å². The van der Waals surface area contributed by atoms with E-state index in [9.17, 15) is 14.4 Å². The van der Waals surface area contributed by atoms with Gasteiger partial charge in [-0.25, -0.2) is 9.48 Å². The molecule has 0 atom stereocenters. The molecule has 3 rings (SSSR count). The van der Waals surface area contributed by atoms with E-state index in [2.05, 4.69) is 5.32 Å². The first-order chi connectivity index (χ1) is 14.4. The lowest BCUT2D eigenvalue weighted by atomic mass is 10.1. The molecule has 1 amide bonds. The van der Waals surface area contributed by atoms with Crippen LogP contribution < -0.4 is 10.9 Å². The Balaban J connectivity index is 1.67.